The van der Waals surface area contributed by atoms with E-state index in [1.165, 1.54) is 27.8 Å². The molecule has 32 heteroatoms. The number of anilines is 1. The lowest BCUT2D eigenvalue weighted by molar-refractivity contribution is -0.147. The zero-order chi connectivity index (χ0) is 43.8. The minimum atomic E-state index is -5.78. The summed E-state index contributed by atoms with van der Waals surface area (Å²) >= 11 is 0. The zero-order valence-electron chi connectivity index (χ0n) is 30.1. The van der Waals surface area contributed by atoms with Gasteiger partial charge in [-0.2, -0.15) is 13.6 Å². The van der Waals surface area contributed by atoms with E-state index in [4.69, 9.17) is 36.2 Å². The normalized spacial score (nSPS) is 19.9. The summed E-state index contributed by atoms with van der Waals surface area (Å²) in [6, 6.07) is -2.38. The van der Waals surface area contributed by atoms with Gasteiger partial charge < -0.3 is 67.0 Å². The second kappa shape index (κ2) is 23.7. The number of rotatable bonds is 27. The van der Waals surface area contributed by atoms with Crippen molar-refractivity contribution in [3.05, 3.63) is 22.2 Å². The minimum Gasteiger partial charge on any atom is -0.481 e. The Kier molecular flexibility index (Phi) is 20.9. The molecule has 1 aromatic rings. The second-order valence-corrected chi connectivity index (χ2v) is 19.1. The zero-order valence-corrected chi connectivity index (χ0v) is 34.4. The Bertz CT molecular complexity index is 1820. The van der Waals surface area contributed by atoms with E-state index in [2.05, 4.69) is 34.1 Å². The topological polar surface area (TPSA) is 438 Å². The van der Waals surface area contributed by atoms with Gasteiger partial charge in [-0.25, -0.2) is 23.3 Å². The molecule has 0 bridgehead atoms. The number of aliphatic carboxylic acids is 2. The number of aliphatic hydroxyl groups is 1. The fourth-order valence-electron chi connectivity index (χ4n) is 4.61. The average Bonchev–Trinajstić information content (AvgIpc) is 3.45. The number of carbonyl (C=O) groups excluding carboxylic acids is 3. The van der Waals surface area contributed by atoms with E-state index in [9.17, 15) is 57.4 Å². The summed E-state index contributed by atoms with van der Waals surface area (Å²) in [6.07, 6.45) is -2.50. The fourth-order valence-corrected chi connectivity index (χ4v) is 9.76. The SMILES string of the molecule is Nc1nc(=O)n(C2CC(O)C(COP(=O)(O)OP(=O)(O)OP(=O)(O)O)O2)cc1CNC(=O)CCSSCC(N)C(=O)NCCCCCC(=O)NC(CC(=O)O)C(=O)O. The van der Waals surface area contributed by atoms with Crippen molar-refractivity contribution in [2.45, 2.75) is 82.0 Å². The molecule has 0 radical (unpaired) electrons. The lowest BCUT2D eigenvalue weighted by Gasteiger charge is -2.19. The Morgan fingerprint density at radius 2 is 1.67 bits per heavy atom. The van der Waals surface area contributed by atoms with Gasteiger partial charge in [0.25, 0.3) is 0 Å². The Labute approximate surface area is 336 Å². The highest BCUT2D eigenvalue weighted by Crippen LogP contribution is 2.66. The van der Waals surface area contributed by atoms with Gasteiger partial charge in [0.15, 0.2) is 0 Å². The minimum absolute atomic E-state index is 0.0175. The number of aromatic nitrogens is 2. The molecule has 0 spiro atoms. The fraction of sp³-hybridized carbons (Fsp3) is 0.654. The summed E-state index contributed by atoms with van der Waals surface area (Å²) in [5, 5.41) is 35.5. The van der Waals surface area contributed by atoms with Crippen molar-refractivity contribution in [2.75, 3.05) is 30.4 Å². The first-order valence-electron chi connectivity index (χ1n) is 16.7. The Morgan fingerprint density at radius 3 is 2.31 bits per heavy atom. The van der Waals surface area contributed by atoms with Gasteiger partial charge in [0.1, 0.15) is 24.2 Å². The highest BCUT2D eigenvalue weighted by molar-refractivity contribution is 8.76. The molecule has 27 nitrogen and oxygen atoms in total. The third-order valence-corrected chi connectivity index (χ3v) is 13.6. The highest BCUT2D eigenvalue weighted by Gasteiger charge is 2.43. The first-order valence-corrected chi connectivity index (χ1v) is 23.7. The van der Waals surface area contributed by atoms with Crippen LogP contribution in [0.25, 0.3) is 0 Å². The lowest BCUT2D eigenvalue weighted by Crippen LogP contribution is -2.42. The number of carboxylic acids is 2. The van der Waals surface area contributed by atoms with Crippen molar-refractivity contribution in [2.24, 2.45) is 5.73 Å². The molecule has 0 saturated carbocycles. The maximum Gasteiger partial charge on any atom is 0.490 e. The lowest BCUT2D eigenvalue weighted by atomic mass is 10.1. The Hall–Kier alpha value is -2.98. The summed E-state index contributed by atoms with van der Waals surface area (Å²) in [5.74, 6) is -3.92. The molecule has 7 unspecified atom stereocenters. The number of nitrogens with one attached hydrogen (secondary N) is 3. The molecule has 58 heavy (non-hydrogen) atoms. The van der Waals surface area contributed by atoms with Gasteiger partial charge in [0.05, 0.1) is 25.2 Å². The van der Waals surface area contributed by atoms with Crippen LogP contribution in [0, 0.1) is 0 Å². The molecule has 0 aromatic carbocycles. The molecular weight excluding hydrogens is 887 g/mol. The molecule has 14 N–H and O–H groups in total. The molecular formula is C26H44N7O20P3S2. The molecule has 2 heterocycles. The van der Waals surface area contributed by atoms with Crippen molar-refractivity contribution < 1.29 is 90.4 Å². The van der Waals surface area contributed by atoms with Crippen molar-refractivity contribution in [3.8, 4) is 0 Å². The second-order valence-electron chi connectivity index (χ2n) is 12.1. The van der Waals surface area contributed by atoms with Gasteiger partial charge in [0, 0.05) is 55.6 Å². The first kappa shape index (κ1) is 51.2. The predicted octanol–water partition coefficient (Wildman–Crippen LogP) is -1.75. The summed E-state index contributed by atoms with van der Waals surface area (Å²) in [5.41, 5.74) is 11.0. The van der Waals surface area contributed by atoms with Crippen LogP contribution in [0.15, 0.2) is 11.0 Å². The predicted molar refractivity (Wildman–Crippen MR) is 200 cm³/mol. The third kappa shape index (κ3) is 19.8. The molecule has 1 aliphatic heterocycles. The van der Waals surface area contributed by atoms with Crippen LogP contribution in [-0.2, 0) is 62.1 Å². The highest BCUT2D eigenvalue weighted by atomic mass is 33.1. The Morgan fingerprint density at radius 1 is 0.983 bits per heavy atom. The van der Waals surface area contributed by atoms with Crippen LogP contribution < -0.4 is 33.1 Å². The summed E-state index contributed by atoms with van der Waals surface area (Å²) in [7, 11) is -14.4. The quantitative estimate of drug-likeness (QED) is 0.0264. The number of unbranched alkanes of at least 4 members (excludes halogenated alkanes) is 2. The maximum atomic E-state index is 12.6. The van der Waals surface area contributed by atoms with Crippen LogP contribution in [0.5, 0.6) is 0 Å². The van der Waals surface area contributed by atoms with E-state index in [1.807, 2.05) is 0 Å². The van der Waals surface area contributed by atoms with Gasteiger partial charge in [-0.1, -0.05) is 28.0 Å². The van der Waals surface area contributed by atoms with Gasteiger partial charge in [-0.15, -0.1) is 0 Å². The molecule has 1 aliphatic rings. The number of phosphoric ester groups is 1. The van der Waals surface area contributed by atoms with Crippen LogP contribution in [-0.4, -0.2) is 123 Å². The number of phosphoric acid groups is 3. The molecule has 330 valence electrons. The number of amides is 3. The van der Waals surface area contributed by atoms with E-state index in [1.54, 1.807) is 0 Å². The van der Waals surface area contributed by atoms with Crippen molar-refractivity contribution in [1.29, 1.82) is 0 Å². The number of carboxylic acid groups (broad SMARTS) is 2. The number of ether oxygens (including phenoxy) is 1. The van der Waals surface area contributed by atoms with E-state index < -0.39 is 102 Å². The molecule has 1 fully saturated rings. The van der Waals surface area contributed by atoms with E-state index in [0.717, 1.165) is 4.57 Å². The molecule has 1 saturated heterocycles. The van der Waals surface area contributed by atoms with E-state index >= 15 is 0 Å². The van der Waals surface area contributed by atoms with Gasteiger partial charge in [-0.05, 0) is 12.8 Å². The molecule has 0 aliphatic carbocycles. The van der Waals surface area contributed by atoms with Crippen LogP contribution in [0.3, 0.4) is 0 Å². The van der Waals surface area contributed by atoms with Gasteiger partial charge in [0.2, 0.25) is 17.7 Å². The molecule has 2 rings (SSSR count). The Balaban J connectivity index is 1.70. The van der Waals surface area contributed by atoms with Crippen molar-refractivity contribution >= 4 is 80.5 Å². The van der Waals surface area contributed by atoms with Gasteiger partial charge in [-0.3, -0.25) is 28.3 Å². The molecule has 1 aromatic heterocycles. The largest absolute Gasteiger partial charge is 0.490 e. The first-order chi connectivity index (χ1) is 26.9. The summed E-state index contributed by atoms with van der Waals surface area (Å²) in [6.45, 7) is -0.877. The number of nitrogens with zero attached hydrogens (tertiary/aromatic N) is 2. The number of hydrogen-bond acceptors (Lipinski definition) is 19. The van der Waals surface area contributed by atoms with Crippen LogP contribution in [0.2, 0.25) is 0 Å². The van der Waals surface area contributed by atoms with Crippen molar-refractivity contribution in [1.82, 2.24) is 25.5 Å². The van der Waals surface area contributed by atoms with E-state index in [-0.39, 0.29) is 49.5 Å². The number of nitrogen functional groups attached to an aromatic ring is 1. The number of carbonyl (C=O) groups is 5. The monoisotopic (exact) mass is 931 g/mol. The maximum absolute atomic E-state index is 12.6. The standard InChI is InChI=1S/C26H44N7O20P3S2/c27-15(24(39)29-6-3-1-2-4-20(36)31-16(25(40)41)8-22(37)38)13-58-57-7-5-19(35)30-10-14-11-33(26(42)32-23(14)28)21-9-17(34)18(51-21)12-50-55(46,47)53-56(48,49)52-54(43,44)45/h11,15-18,21,34H,1-10,12-13,27H2,(H,29,39)(H,30,35)(H,31,36)(H,37,38)(H,40,41)(H,46,47)(H,48,49)(H2,28,32,42)(H2,43,44,45). The van der Waals surface area contributed by atoms with E-state index in [0.29, 0.717) is 25.0 Å². The molecule has 7 atom stereocenters. The van der Waals surface area contributed by atoms with Crippen LogP contribution in [0.1, 0.15) is 56.7 Å². The van der Waals surface area contributed by atoms with Crippen LogP contribution >= 0.6 is 45.1 Å². The van der Waals surface area contributed by atoms with Crippen molar-refractivity contribution in [3.63, 3.8) is 0 Å². The summed E-state index contributed by atoms with van der Waals surface area (Å²) in [4.78, 5) is 111. The summed E-state index contributed by atoms with van der Waals surface area (Å²) < 4.78 is 52.4. The van der Waals surface area contributed by atoms with Crippen LogP contribution in [0.4, 0.5) is 5.82 Å². The number of nitrogens with two attached hydrogens (primary N) is 2. The molecule has 3 amide bonds. The number of aliphatic hydroxyl groups excluding tert-OH is 1. The van der Waals surface area contributed by atoms with Gasteiger partial charge >= 0.3 is 41.1 Å². The third-order valence-electron chi connectivity index (χ3n) is 7.34. The average molecular weight is 932 g/mol. The smallest absolute Gasteiger partial charge is 0.481 e. The number of hydrogen-bond donors (Lipinski definition) is 12.